The molecule has 5 nitrogen and oxygen atoms in total. The van der Waals surface area contributed by atoms with Gasteiger partial charge in [-0.05, 0) is 38.1 Å². The molecule has 0 aliphatic carbocycles. The molecular weight excluding hydrogens is 268 g/mol. The van der Waals surface area contributed by atoms with Gasteiger partial charge in [-0.3, -0.25) is 14.5 Å². The molecular formula is C16H28N2O3. The summed E-state index contributed by atoms with van der Waals surface area (Å²) in [5.41, 5.74) is 0. The average Bonchev–Trinajstić information content (AvgIpc) is 2.49. The van der Waals surface area contributed by atoms with Crippen LogP contribution in [0.4, 0.5) is 0 Å². The smallest absolute Gasteiger partial charge is 0.307 e. The van der Waals surface area contributed by atoms with Crippen molar-refractivity contribution in [3.63, 3.8) is 0 Å². The summed E-state index contributed by atoms with van der Waals surface area (Å²) in [6.45, 7) is 5.35. The summed E-state index contributed by atoms with van der Waals surface area (Å²) in [6, 6.07) is 0.164. The molecule has 21 heavy (non-hydrogen) atoms. The minimum absolute atomic E-state index is 0.164. The van der Waals surface area contributed by atoms with Crippen molar-refractivity contribution >= 4 is 11.9 Å². The van der Waals surface area contributed by atoms with E-state index >= 15 is 0 Å². The Morgan fingerprint density at radius 1 is 1.14 bits per heavy atom. The van der Waals surface area contributed by atoms with E-state index in [0.29, 0.717) is 18.9 Å². The molecule has 5 heteroatoms. The number of likely N-dealkylation sites (tertiary alicyclic amines) is 2. The zero-order chi connectivity index (χ0) is 15.2. The SMILES string of the molecule is COC(=O)CC1CCCCN1CC(=O)N1CCCC(C)C1. The van der Waals surface area contributed by atoms with Crippen molar-refractivity contribution in [3.05, 3.63) is 0 Å². The van der Waals surface area contributed by atoms with Crippen molar-refractivity contribution in [2.24, 2.45) is 5.92 Å². The van der Waals surface area contributed by atoms with Gasteiger partial charge in [-0.2, -0.15) is 0 Å². The number of nitrogens with zero attached hydrogens (tertiary/aromatic N) is 2. The first-order valence-electron chi connectivity index (χ1n) is 8.18. The molecule has 2 rings (SSSR count). The van der Waals surface area contributed by atoms with Crippen LogP contribution >= 0.6 is 0 Å². The summed E-state index contributed by atoms with van der Waals surface area (Å²) < 4.78 is 4.78. The lowest BCUT2D eigenvalue weighted by Crippen LogP contribution is -2.49. The van der Waals surface area contributed by atoms with Crippen LogP contribution in [0.1, 0.15) is 45.4 Å². The molecule has 120 valence electrons. The van der Waals surface area contributed by atoms with Gasteiger partial charge in [0.05, 0.1) is 20.1 Å². The number of carbonyl (C=O) groups is 2. The minimum Gasteiger partial charge on any atom is -0.469 e. The summed E-state index contributed by atoms with van der Waals surface area (Å²) in [7, 11) is 1.43. The van der Waals surface area contributed by atoms with Gasteiger partial charge in [0.2, 0.25) is 5.91 Å². The summed E-state index contributed by atoms with van der Waals surface area (Å²) in [5, 5.41) is 0. The quantitative estimate of drug-likeness (QED) is 0.740. The molecule has 2 heterocycles. The lowest BCUT2D eigenvalue weighted by molar-refractivity contribution is -0.144. The monoisotopic (exact) mass is 296 g/mol. The van der Waals surface area contributed by atoms with E-state index in [9.17, 15) is 9.59 Å². The molecule has 1 amide bonds. The van der Waals surface area contributed by atoms with Crippen LogP contribution in [0.3, 0.4) is 0 Å². The van der Waals surface area contributed by atoms with E-state index in [4.69, 9.17) is 4.74 Å². The van der Waals surface area contributed by atoms with Crippen molar-refractivity contribution in [3.8, 4) is 0 Å². The third-order valence-corrected chi connectivity index (χ3v) is 4.73. The molecule has 2 aliphatic rings. The lowest BCUT2D eigenvalue weighted by Gasteiger charge is -2.37. The van der Waals surface area contributed by atoms with Crippen LogP contribution in [-0.2, 0) is 14.3 Å². The maximum absolute atomic E-state index is 12.5. The van der Waals surface area contributed by atoms with E-state index in [1.807, 2.05) is 4.90 Å². The van der Waals surface area contributed by atoms with E-state index in [1.165, 1.54) is 13.5 Å². The van der Waals surface area contributed by atoms with Crippen LogP contribution < -0.4 is 0 Å². The number of methoxy groups -OCH3 is 1. The van der Waals surface area contributed by atoms with Gasteiger partial charge in [0, 0.05) is 19.1 Å². The fourth-order valence-electron chi connectivity index (χ4n) is 3.46. The van der Waals surface area contributed by atoms with Crippen molar-refractivity contribution < 1.29 is 14.3 Å². The second-order valence-corrected chi connectivity index (χ2v) is 6.49. The zero-order valence-electron chi connectivity index (χ0n) is 13.3. The third-order valence-electron chi connectivity index (χ3n) is 4.73. The van der Waals surface area contributed by atoms with Gasteiger partial charge in [0.25, 0.3) is 0 Å². The molecule has 0 N–H and O–H groups in total. The summed E-state index contributed by atoms with van der Waals surface area (Å²) in [4.78, 5) is 28.2. The average molecular weight is 296 g/mol. The molecule has 2 saturated heterocycles. The first kappa shape index (κ1) is 16.3. The summed E-state index contributed by atoms with van der Waals surface area (Å²) >= 11 is 0. The van der Waals surface area contributed by atoms with E-state index in [0.717, 1.165) is 45.3 Å². The normalized spacial score (nSPS) is 27.4. The summed E-state index contributed by atoms with van der Waals surface area (Å²) in [5.74, 6) is 0.652. The number of carbonyl (C=O) groups excluding carboxylic acids is 2. The van der Waals surface area contributed by atoms with Crippen LogP contribution in [0.5, 0.6) is 0 Å². The fraction of sp³-hybridized carbons (Fsp3) is 0.875. The highest BCUT2D eigenvalue weighted by Gasteiger charge is 2.29. The number of rotatable bonds is 4. The molecule has 2 unspecified atom stereocenters. The molecule has 2 atom stereocenters. The van der Waals surface area contributed by atoms with Crippen LogP contribution in [0.2, 0.25) is 0 Å². The molecule has 0 saturated carbocycles. The highest BCUT2D eigenvalue weighted by atomic mass is 16.5. The predicted molar refractivity (Wildman–Crippen MR) is 80.8 cm³/mol. The highest BCUT2D eigenvalue weighted by Crippen LogP contribution is 2.21. The van der Waals surface area contributed by atoms with E-state index in [2.05, 4.69) is 11.8 Å². The largest absolute Gasteiger partial charge is 0.469 e. The Labute approximate surface area is 127 Å². The first-order chi connectivity index (χ1) is 10.1. The standard InChI is InChI=1S/C16H28N2O3/c1-13-6-5-9-18(11-13)15(19)12-17-8-4-3-7-14(17)10-16(20)21-2/h13-14H,3-12H2,1-2H3. The van der Waals surface area contributed by atoms with Gasteiger partial charge in [0.15, 0.2) is 0 Å². The minimum atomic E-state index is -0.175. The molecule has 0 aromatic heterocycles. The van der Waals surface area contributed by atoms with Crippen LogP contribution in [-0.4, -0.2) is 61.0 Å². The second kappa shape index (κ2) is 7.78. The van der Waals surface area contributed by atoms with E-state index in [1.54, 1.807) is 0 Å². The Morgan fingerprint density at radius 3 is 2.67 bits per heavy atom. The molecule has 0 spiro atoms. The molecule has 2 aliphatic heterocycles. The first-order valence-corrected chi connectivity index (χ1v) is 8.18. The highest BCUT2D eigenvalue weighted by molar-refractivity contribution is 5.78. The van der Waals surface area contributed by atoms with Crippen LogP contribution in [0, 0.1) is 5.92 Å². The van der Waals surface area contributed by atoms with Gasteiger partial charge >= 0.3 is 5.97 Å². The van der Waals surface area contributed by atoms with Crippen molar-refractivity contribution in [1.82, 2.24) is 9.80 Å². The van der Waals surface area contributed by atoms with E-state index < -0.39 is 0 Å². The number of ether oxygens (including phenoxy) is 1. The van der Waals surface area contributed by atoms with Gasteiger partial charge in [-0.15, -0.1) is 0 Å². The zero-order valence-corrected chi connectivity index (χ0v) is 13.3. The summed E-state index contributed by atoms with van der Waals surface area (Å²) in [6.07, 6.45) is 5.96. The Morgan fingerprint density at radius 2 is 1.95 bits per heavy atom. The van der Waals surface area contributed by atoms with Crippen LogP contribution in [0.25, 0.3) is 0 Å². The van der Waals surface area contributed by atoms with Gasteiger partial charge < -0.3 is 9.64 Å². The molecule has 2 fully saturated rings. The predicted octanol–water partition coefficient (Wildman–Crippen LogP) is 1.66. The number of amides is 1. The number of esters is 1. The van der Waals surface area contributed by atoms with Crippen molar-refractivity contribution in [1.29, 1.82) is 0 Å². The Hall–Kier alpha value is -1.10. The number of hydrogen-bond acceptors (Lipinski definition) is 4. The molecule has 0 aromatic rings. The second-order valence-electron chi connectivity index (χ2n) is 6.49. The van der Waals surface area contributed by atoms with Gasteiger partial charge in [0.1, 0.15) is 0 Å². The third kappa shape index (κ3) is 4.70. The Bertz CT molecular complexity index is 373. The van der Waals surface area contributed by atoms with Crippen molar-refractivity contribution in [2.45, 2.75) is 51.5 Å². The molecule has 0 bridgehead atoms. The topological polar surface area (TPSA) is 49.9 Å². The number of piperidine rings is 2. The van der Waals surface area contributed by atoms with Gasteiger partial charge in [-0.1, -0.05) is 13.3 Å². The fourth-order valence-corrected chi connectivity index (χ4v) is 3.46. The van der Waals surface area contributed by atoms with Gasteiger partial charge in [-0.25, -0.2) is 0 Å². The molecule has 0 radical (unpaired) electrons. The van der Waals surface area contributed by atoms with Crippen LogP contribution in [0.15, 0.2) is 0 Å². The Balaban J connectivity index is 1.88. The maximum atomic E-state index is 12.5. The number of hydrogen-bond donors (Lipinski definition) is 0. The maximum Gasteiger partial charge on any atom is 0.307 e. The molecule has 0 aromatic carbocycles. The van der Waals surface area contributed by atoms with E-state index in [-0.39, 0.29) is 17.9 Å². The van der Waals surface area contributed by atoms with Crippen molar-refractivity contribution in [2.75, 3.05) is 33.3 Å². The lowest BCUT2D eigenvalue weighted by atomic mass is 9.98. The Kier molecular flexibility index (Phi) is 6.03.